The van der Waals surface area contributed by atoms with Crippen molar-refractivity contribution in [2.24, 2.45) is 0 Å². The molecule has 0 saturated heterocycles. The van der Waals surface area contributed by atoms with Crippen molar-refractivity contribution in [3.8, 4) is 0 Å². The molecule has 362 valence electrons. The van der Waals surface area contributed by atoms with Crippen LogP contribution in [0.15, 0.2) is 109 Å². The van der Waals surface area contributed by atoms with Crippen LogP contribution in [0, 0.1) is 0 Å². The van der Waals surface area contributed by atoms with E-state index in [1.54, 1.807) is 0 Å². The highest BCUT2D eigenvalue weighted by molar-refractivity contribution is 5.71. The van der Waals surface area contributed by atoms with Gasteiger partial charge in [-0.3, -0.25) is 14.4 Å². The van der Waals surface area contributed by atoms with Crippen LogP contribution >= 0.6 is 0 Å². The Hall–Kier alpha value is -3.93. The molecular formula is C58H94O6. The van der Waals surface area contributed by atoms with Crippen LogP contribution in [0.4, 0.5) is 0 Å². The van der Waals surface area contributed by atoms with Gasteiger partial charge >= 0.3 is 17.9 Å². The molecule has 0 heterocycles. The molecule has 0 fully saturated rings. The molecule has 0 bridgehead atoms. The van der Waals surface area contributed by atoms with Crippen LogP contribution in [-0.4, -0.2) is 37.2 Å². The Morgan fingerprint density at radius 2 is 0.672 bits per heavy atom. The Labute approximate surface area is 393 Å². The van der Waals surface area contributed by atoms with Crippen molar-refractivity contribution in [2.75, 3.05) is 13.2 Å². The van der Waals surface area contributed by atoms with Gasteiger partial charge in [0.2, 0.25) is 0 Å². The highest BCUT2D eigenvalue weighted by Crippen LogP contribution is 2.13. The summed E-state index contributed by atoms with van der Waals surface area (Å²) in [5.74, 6) is -0.956. The Morgan fingerprint density at radius 1 is 0.344 bits per heavy atom. The molecule has 6 heteroatoms. The first-order valence-corrected chi connectivity index (χ1v) is 25.9. The lowest BCUT2D eigenvalue weighted by atomic mass is 10.1. The van der Waals surface area contributed by atoms with Crippen LogP contribution in [0.1, 0.15) is 220 Å². The predicted molar refractivity (Wildman–Crippen MR) is 274 cm³/mol. The number of carbonyl (C=O) groups is 3. The summed E-state index contributed by atoms with van der Waals surface area (Å²) in [6, 6.07) is 0. The molecule has 0 N–H and O–H groups in total. The third kappa shape index (κ3) is 49.1. The topological polar surface area (TPSA) is 78.9 Å². The third-order valence-corrected chi connectivity index (χ3v) is 10.6. The summed E-state index contributed by atoms with van der Waals surface area (Å²) in [7, 11) is 0. The second kappa shape index (κ2) is 51.7. The summed E-state index contributed by atoms with van der Waals surface area (Å²) in [5, 5.41) is 0. The zero-order chi connectivity index (χ0) is 46.5. The average Bonchev–Trinajstić information content (AvgIpc) is 3.29. The Morgan fingerprint density at radius 3 is 1.09 bits per heavy atom. The van der Waals surface area contributed by atoms with Gasteiger partial charge in [-0.2, -0.15) is 0 Å². The molecule has 64 heavy (non-hydrogen) atoms. The maximum absolute atomic E-state index is 12.8. The van der Waals surface area contributed by atoms with Gasteiger partial charge < -0.3 is 14.2 Å². The van der Waals surface area contributed by atoms with E-state index in [1.165, 1.54) is 32.1 Å². The highest BCUT2D eigenvalue weighted by Gasteiger charge is 2.19. The summed E-state index contributed by atoms with van der Waals surface area (Å²) in [6.07, 6.45) is 69.2. The Bertz CT molecular complexity index is 1340. The van der Waals surface area contributed by atoms with E-state index in [9.17, 15) is 14.4 Å². The highest BCUT2D eigenvalue weighted by atomic mass is 16.6. The lowest BCUT2D eigenvalue weighted by Gasteiger charge is -2.18. The van der Waals surface area contributed by atoms with Gasteiger partial charge in [0.1, 0.15) is 13.2 Å². The molecule has 1 unspecified atom stereocenters. The van der Waals surface area contributed by atoms with E-state index in [-0.39, 0.29) is 31.1 Å². The zero-order valence-corrected chi connectivity index (χ0v) is 41.3. The van der Waals surface area contributed by atoms with E-state index >= 15 is 0 Å². The van der Waals surface area contributed by atoms with E-state index in [2.05, 4.69) is 130 Å². The molecule has 0 aromatic heterocycles. The first kappa shape index (κ1) is 60.1. The molecule has 6 nitrogen and oxygen atoms in total. The van der Waals surface area contributed by atoms with Gasteiger partial charge in [-0.15, -0.1) is 0 Å². The summed E-state index contributed by atoms with van der Waals surface area (Å²) in [5.41, 5.74) is 0. The molecular weight excluding hydrogens is 793 g/mol. The number of allylic oxidation sites excluding steroid dienone is 18. The van der Waals surface area contributed by atoms with Crippen molar-refractivity contribution in [2.45, 2.75) is 226 Å². The van der Waals surface area contributed by atoms with Crippen LogP contribution in [0.3, 0.4) is 0 Å². The maximum Gasteiger partial charge on any atom is 0.306 e. The summed E-state index contributed by atoms with van der Waals surface area (Å²) in [6.45, 7) is 6.32. The first-order chi connectivity index (χ1) is 31.5. The zero-order valence-electron chi connectivity index (χ0n) is 41.3. The number of esters is 3. The number of carbonyl (C=O) groups excluding carboxylic acids is 3. The number of rotatable bonds is 45. The normalized spacial score (nSPS) is 13.0. The van der Waals surface area contributed by atoms with Gasteiger partial charge in [-0.1, -0.05) is 207 Å². The molecule has 0 aliphatic carbocycles. The van der Waals surface area contributed by atoms with Crippen LogP contribution in [-0.2, 0) is 28.6 Å². The third-order valence-electron chi connectivity index (χ3n) is 10.6. The molecule has 0 saturated carbocycles. The van der Waals surface area contributed by atoms with Gasteiger partial charge in [0, 0.05) is 19.3 Å². The van der Waals surface area contributed by atoms with Crippen molar-refractivity contribution in [1.82, 2.24) is 0 Å². The molecule has 1 atom stereocenters. The van der Waals surface area contributed by atoms with Crippen molar-refractivity contribution < 1.29 is 28.6 Å². The Kier molecular flexibility index (Phi) is 48.5. The molecule has 0 aliphatic rings. The van der Waals surface area contributed by atoms with Crippen LogP contribution in [0.25, 0.3) is 0 Å². The molecule has 0 rings (SSSR count). The van der Waals surface area contributed by atoms with Crippen LogP contribution < -0.4 is 0 Å². The van der Waals surface area contributed by atoms with Gasteiger partial charge in [0.05, 0.1) is 0 Å². The van der Waals surface area contributed by atoms with Crippen LogP contribution in [0.5, 0.6) is 0 Å². The average molecular weight is 887 g/mol. The SMILES string of the molecule is CC/C=C\C/C=C\C/C=C\CCCCCCCCC(=O)OC(COC(=O)CCCCCCC\C=C/C=C\C=C/C=C\CCCCC)COC(=O)CCCCCCC/C=C\C/C=C\CC. The fourth-order valence-electron chi connectivity index (χ4n) is 6.74. The monoisotopic (exact) mass is 887 g/mol. The van der Waals surface area contributed by atoms with E-state index in [0.717, 1.165) is 148 Å². The van der Waals surface area contributed by atoms with Gasteiger partial charge in [0.25, 0.3) is 0 Å². The first-order valence-electron chi connectivity index (χ1n) is 25.9. The fraction of sp³-hybridized carbons (Fsp3) is 0.638. The standard InChI is InChI=1S/C58H94O6/c1-4-7-10-13-16-19-22-25-27-29-30-32-33-36-39-42-45-48-51-57(60)63-54-55(53-62-56(59)50-47-44-41-38-35-24-21-18-15-12-9-6-3)64-58(61)52-49-46-43-40-37-34-31-28-26-23-20-17-14-11-8-5-2/h8-9,11-12,16-22,25-30,32,55H,4-7,10,13-15,23-24,31,33-54H2,1-3H3/b11-8-,12-9-,19-16-,20-17-,21-18-,25-22-,28-26-,29-27-,32-30-. The smallest absolute Gasteiger partial charge is 0.306 e. The quantitative estimate of drug-likeness (QED) is 0.0199. The van der Waals surface area contributed by atoms with Crippen molar-refractivity contribution >= 4 is 17.9 Å². The van der Waals surface area contributed by atoms with E-state index in [1.807, 2.05) is 0 Å². The minimum absolute atomic E-state index is 0.101. The van der Waals surface area contributed by atoms with E-state index in [0.29, 0.717) is 19.3 Å². The molecule has 0 spiro atoms. The van der Waals surface area contributed by atoms with Gasteiger partial charge in [-0.25, -0.2) is 0 Å². The number of hydrogen-bond donors (Lipinski definition) is 0. The second-order valence-electron chi connectivity index (χ2n) is 16.8. The summed E-state index contributed by atoms with van der Waals surface area (Å²) in [4.78, 5) is 38.0. The molecule has 0 radical (unpaired) electrons. The molecule has 0 aromatic rings. The van der Waals surface area contributed by atoms with E-state index < -0.39 is 6.10 Å². The van der Waals surface area contributed by atoms with Crippen molar-refractivity contribution in [3.63, 3.8) is 0 Å². The molecule has 0 amide bonds. The number of hydrogen-bond acceptors (Lipinski definition) is 6. The van der Waals surface area contributed by atoms with Crippen molar-refractivity contribution in [3.05, 3.63) is 109 Å². The Balaban J connectivity index is 4.48. The number of ether oxygens (including phenoxy) is 3. The minimum Gasteiger partial charge on any atom is -0.462 e. The minimum atomic E-state index is -0.802. The maximum atomic E-state index is 12.8. The largest absolute Gasteiger partial charge is 0.462 e. The fourth-order valence-corrected chi connectivity index (χ4v) is 6.74. The van der Waals surface area contributed by atoms with E-state index in [4.69, 9.17) is 14.2 Å². The predicted octanol–water partition coefficient (Wildman–Crippen LogP) is 17.1. The molecule has 0 aromatic carbocycles. The summed E-state index contributed by atoms with van der Waals surface area (Å²) >= 11 is 0. The lowest BCUT2D eigenvalue weighted by Crippen LogP contribution is -2.30. The second-order valence-corrected chi connectivity index (χ2v) is 16.8. The summed E-state index contributed by atoms with van der Waals surface area (Å²) < 4.78 is 16.8. The van der Waals surface area contributed by atoms with Crippen molar-refractivity contribution in [1.29, 1.82) is 0 Å². The molecule has 0 aliphatic heterocycles. The number of unbranched alkanes of at least 4 members (excludes halogenated alkanes) is 19. The van der Waals surface area contributed by atoms with Crippen LogP contribution in [0.2, 0.25) is 0 Å². The van der Waals surface area contributed by atoms with Gasteiger partial charge in [-0.05, 0) is 103 Å². The van der Waals surface area contributed by atoms with Gasteiger partial charge in [0.15, 0.2) is 6.10 Å². The lowest BCUT2D eigenvalue weighted by molar-refractivity contribution is -0.167.